The zero-order valence-electron chi connectivity index (χ0n) is 9.87. The first-order valence-corrected chi connectivity index (χ1v) is 7.62. The molecule has 1 saturated carbocycles. The fourth-order valence-corrected chi connectivity index (χ4v) is 2.89. The van der Waals surface area contributed by atoms with Crippen molar-refractivity contribution < 1.29 is 4.21 Å². The predicted molar refractivity (Wildman–Crippen MR) is 66.4 cm³/mol. The Kier molecular flexibility index (Phi) is 5.79. The summed E-state index contributed by atoms with van der Waals surface area (Å²) < 4.78 is 11.0. The number of nitrogens with two attached hydrogens (primary N) is 1. The molecule has 0 aliphatic heterocycles. The number of hydrogen-bond acceptors (Lipinski definition) is 3. The van der Waals surface area contributed by atoms with E-state index in [1.807, 2.05) is 0 Å². The van der Waals surface area contributed by atoms with Crippen LogP contribution in [0.2, 0.25) is 0 Å². The molecular formula is C11H24N2OS. The molecule has 1 aliphatic carbocycles. The Bertz CT molecular complexity index is 211. The van der Waals surface area contributed by atoms with Crippen LogP contribution in [0.1, 0.15) is 39.0 Å². The van der Waals surface area contributed by atoms with E-state index in [0.29, 0.717) is 18.1 Å². The van der Waals surface area contributed by atoms with Crippen LogP contribution >= 0.6 is 0 Å². The lowest BCUT2D eigenvalue weighted by atomic mass is 9.91. The lowest BCUT2D eigenvalue weighted by molar-refractivity contribution is 0.314. The number of rotatable bonds is 5. The number of hydrogen-bond donors (Lipinski definition) is 2. The smallest absolute Gasteiger partial charge is 0.0246 e. The molecule has 4 atom stereocenters. The van der Waals surface area contributed by atoms with Crippen LogP contribution in [0.15, 0.2) is 0 Å². The van der Waals surface area contributed by atoms with Gasteiger partial charge in [-0.15, -0.1) is 0 Å². The number of nitrogens with one attached hydrogen (secondary N) is 1. The minimum Gasteiger partial charge on any atom is -0.328 e. The third-order valence-corrected chi connectivity index (χ3v) is 3.88. The maximum absolute atomic E-state index is 11.0. The minimum atomic E-state index is -0.664. The molecule has 90 valence electrons. The normalized spacial score (nSPS) is 31.1. The van der Waals surface area contributed by atoms with Gasteiger partial charge in [0, 0.05) is 40.9 Å². The largest absolute Gasteiger partial charge is 0.328 e. The van der Waals surface area contributed by atoms with E-state index in [1.165, 1.54) is 19.3 Å². The molecule has 1 rings (SSSR count). The van der Waals surface area contributed by atoms with E-state index >= 15 is 0 Å². The van der Waals surface area contributed by atoms with E-state index < -0.39 is 10.8 Å². The highest BCUT2D eigenvalue weighted by molar-refractivity contribution is 7.84. The van der Waals surface area contributed by atoms with Gasteiger partial charge in [0.1, 0.15) is 0 Å². The summed E-state index contributed by atoms with van der Waals surface area (Å²) in [6.07, 6.45) is 7.52. The van der Waals surface area contributed by atoms with Crippen LogP contribution in [0.25, 0.3) is 0 Å². The summed E-state index contributed by atoms with van der Waals surface area (Å²) in [4.78, 5) is 0. The standard InChI is InChI=1S/C11H24N2OS/c1-9(6-7-15(2)14)13-11-5-3-4-10(12)8-11/h9-11,13H,3-8,12H2,1-2H3. The van der Waals surface area contributed by atoms with Crippen LogP contribution in [0.4, 0.5) is 0 Å². The van der Waals surface area contributed by atoms with Crippen molar-refractivity contribution in [2.75, 3.05) is 12.0 Å². The van der Waals surface area contributed by atoms with Crippen molar-refractivity contribution in [3.05, 3.63) is 0 Å². The van der Waals surface area contributed by atoms with E-state index in [2.05, 4.69) is 12.2 Å². The first kappa shape index (κ1) is 13.1. The average molecular weight is 232 g/mol. The zero-order valence-corrected chi connectivity index (χ0v) is 10.7. The molecule has 0 bridgehead atoms. The van der Waals surface area contributed by atoms with Gasteiger partial charge in [-0.25, -0.2) is 0 Å². The Hall–Kier alpha value is 0.0700. The van der Waals surface area contributed by atoms with Crippen molar-refractivity contribution >= 4 is 10.8 Å². The van der Waals surface area contributed by atoms with Crippen LogP contribution in [-0.4, -0.2) is 34.3 Å². The minimum absolute atomic E-state index is 0.378. The lowest BCUT2D eigenvalue weighted by Crippen LogP contribution is -2.43. The van der Waals surface area contributed by atoms with Gasteiger partial charge in [0.25, 0.3) is 0 Å². The maximum atomic E-state index is 11.0. The molecule has 4 heteroatoms. The zero-order chi connectivity index (χ0) is 11.3. The summed E-state index contributed by atoms with van der Waals surface area (Å²) in [5, 5.41) is 3.59. The van der Waals surface area contributed by atoms with Gasteiger partial charge in [0.05, 0.1) is 0 Å². The Morgan fingerprint density at radius 3 is 2.87 bits per heavy atom. The third kappa shape index (κ3) is 5.64. The van der Waals surface area contributed by atoms with Crippen molar-refractivity contribution in [3.8, 4) is 0 Å². The second-order valence-corrected chi connectivity index (χ2v) is 6.31. The average Bonchev–Trinajstić information content (AvgIpc) is 2.15. The van der Waals surface area contributed by atoms with Gasteiger partial charge in [-0.1, -0.05) is 6.42 Å². The molecule has 0 aromatic carbocycles. The SMILES string of the molecule is CC(CCS(C)=O)NC1CCCC(N)C1. The first-order valence-electron chi connectivity index (χ1n) is 5.89. The highest BCUT2D eigenvalue weighted by Crippen LogP contribution is 2.17. The van der Waals surface area contributed by atoms with E-state index in [0.717, 1.165) is 18.6 Å². The van der Waals surface area contributed by atoms with Gasteiger partial charge in [-0.3, -0.25) is 4.21 Å². The summed E-state index contributed by atoms with van der Waals surface area (Å²) in [6.45, 7) is 2.17. The van der Waals surface area contributed by atoms with Crippen LogP contribution in [0.3, 0.4) is 0 Å². The Morgan fingerprint density at radius 2 is 2.27 bits per heavy atom. The third-order valence-electron chi connectivity index (χ3n) is 3.07. The summed E-state index contributed by atoms with van der Waals surface area (Å²) in [7, 11) is -0.664. The lowest BCUT2D eigenvalue weighted by Gasteiger charge is -2.30. The molecule has 0 heterocycles. The molecule has 0 amide bonds. The van der Waals surface area contributed by atoms with Crippen LogP contribution in [-0.2, 0) is 10.8 Å². The van der Waals surface area contributed by atoms with Crippen molar-refractivity contribution in [1.29, 1.82) is 0 Å². The van der Waals surface area contributed by atoms with Crippen molar-refractivity contribution in [3.63, 3.8) is 0 Å². The van der Waals surface area contributed by atoms with E-state index in [-0.39, 0.29) is 0 Å². The van der Waals surface area contributed by atoms with Crippen molar-refractivity contribution in [1.82, 2.24) is 5.32 Å². The predicted octanol–water partition coefficient (Wildman–Crippen LogP) is 1.00. The molecule has 3 nitrogen and oxygen atoms in total. The van der Waals surface area contributed by atoms with E-state index in [1.54, 1.807) is 6.26 Å². The summed E-state index contributed by atoms with van der Waals surface area (Å²) in [6, 6.07) is 1.42. The molecule has 1 fully saturated rings. The molecule has 15 heavy (non-hydrogen) atoms. The van der Waals surface area contributed by atoms with Crippen molar-refractivity contribution in [2.45, 2.75) is 57.2 Å². The van der Waals surface area contributed by atoms with Gasteiger partial charge in [0.15, 0.2) is 0 Å². The fourth-order valence-electron chi connectivity index (χ4n) is 2.21. The highest BCUT2D eigenvalue weighted by atomic mass is 32.2. The molecular weight excluding hydrogens is 208 g/mol. The van der Waals surface area contributed by atoms with Crippen LogP contribution in [0.5, 0.6) is 0 Å². The molecule has 0 radical (unpaired) electrons. The van der Waals surface area contributed by atoms with E-state index in [9.17, 15) is 4.21 Å². The monoisotopic (exact) mass is 232 g/mol. The van der Waals surface area contributed by atoms with Gasteiger partial charge < -0.3 is 11.1 Å². The molecule has 0 aromatic heterocycles. The molecule has 3 N–H and O–H groups in total. The molecule has 0 saturated heterocycles. The molecule has 1 aliphatic rings. The quantitative estimate of drug-likeness (QED) is 0.743. The fraction of sp³-hybridized carbons (Fsp3) is 1.00. The summed E-state index contributed by atoms with van der Waals surface area (Å²) >= 11 is 0. The molecule has 0 spiro atoms. The van der Waals surface area contributed by atoms with Crippen molar-refractivity contribution in [2.24, 2.45) is 5.73 Å². The molecule has 0 aromatic rings. The summed E-state index contributed by atoms with van der Waals surface area (Å²) in [5.41, 5.74) is 5.93. The topological polar surface area (TPSA) is 55.1 Å². The van der Waals surface area contributed by atoms with Crippen LogP contribution < -0.4 is 11.1 Å². The van der Waals surface area contributed by atoms with Gasteiger partial charge in [0.2, 0.25) is 0 Å². The molecule has 4 unspecified atom stereocenters. The highest BCUT2D eigenvalue weighted by Gasteiger charge is 2.20. The van der Waals surface area contributed by atoms with E-state index in [4.69, 9.17) is 5.73 Å². The second kappa shape index (κ2) is 6.61. The van der Waals surface area contributed by atoms with Gasteiger partial charge >= 0.3 is 0 Å². The second-order valence-electron chi connectivity index (χ2n) is 4.76. The first-order chi connectivity index (χ1) is 7.08. The Labute approximate surface area is 95.6 Å². The Morgan fingerprint density at radius 1 is 1.53 bits per heavy atom. The van der Waals surface area contributed by atoms with Crippen LogP contribution in [0, 0.1) is 0 Å². The summed E-state index contributed by atoms with van der Waals surface area (Å²) in [5.74, 6) is 0.799. The maximum Gasteiger partial charge on any atom is 0.0246 e. The Balaban J connectivity index is 2.18. The van der Waals surface area contributed by atoms with Gasteiger partial charge in [-0.2, -0.15) is 0 Å². The van der Waals surface area contributed by atoms with Gasteiger partial charge in [-0.05, 0) is 32.6 Å².